The van der Waals surface area contributed by atoms with Crippen LogP contribution in [0.3, 0.4) is 0 Å². The minimum atomic E-state index is -4.10. The Morgan fingerprint density at radius 1 is 1.73 bits per heavy atom. The van der Waals surface area contributed by atoms with E-state index in [-0.39, 0.29) is 0 Å². The van der Waals surface area contributed by atoms with Crippen LogP contribution in [0.15, 0.2) is 0 Å². The molecule has 0 saturated heterocycles. The number of nitrogens with one attached hydrogen (secondary N) is 1. The monoisotopic (exact) mass is 189 g/mol. The van der Waals surface area contributed by atoms with Crippen molar-refractivity contribution in [1.82, 2.24) is 5.32 Å². The molecule has 0 amide bonds. The Bertz CT molecular complexity index is 183. The van der Waals surface area contributed by atoms with Gasteiger partial charge in [-0.05, 0) is 0 Å². The quantitative estimate of drug-likeness (QED) is 0.376. The fraction of sp³-hybridized carbons (Fsp3) is 0.667. The normalized spacial score (nSPS) is 12.2. The van der Waals surface area contributed by atoms with Gasteiger partial charge in [0.05, 0.1) is 12.8 Å². The van der Waals surface area contributed by atoms with E-state index in [1.54, 1.807) is 0 Å². The third-order valence-electron chi connectivity index (χ3n) is 0.594. The van der Waals surface area contributed by atoms with E-state index >= 15 is 0 Å². The van der Waals surface area contributed by atoms with Crippen LogP contribution >= 0.6 is 7.60 Å². The summed E-state index contributed by atoms with van der Waals surface area (Å²) in [5, 5.41) is 10.1. The van der Waals surface area contributed by atoms with Crippen LogP contribution in [-0.4, -0.2) is 42.0 Å². The summed E-state index contributed by atoms with van der Waals surface area (Å²) in [6.45, 7) is -0.439. The van der Waals surface area contributed by atoms with Gasteiger partial charge in [-0.2, -0.15) is 0 Å². The Morgan fingerprint density at radius 2 is 2.18 bits per heavy atom. The second-order valence-electron chi connectivity index (χ2n) is 1.64. The first-order chi connectivity index (χ1) is 5.83. The van der Waals surface area contributed by atoms with Gasteiger partial charge >= 0.3 is 13.6 Å². The standard InChI is InChI=1S/C3H8NO5P.H2O/c5-3(6)1-4-2-10(7,8)9;/h4H,1-2H2,(H,5,6)(H2,7,8,9);1H2/i/hD2. The maximum atomic E-state index is 10.1. The lowest BCUT2D eigenvalue weighted by atomic mass is 10.7. The second-order valence-corrected chi connectivity index (χ2v) is 3.29. The SMILES string of the molecule is O=C(O)CNCP(=O)(O)O.[2H]O[2H]. The molecule has 0 radical (unpaired) electrons. The highest BCUT2D eigenvalue weighted by molar-refractivity contribution is 7.51. The maximum absolute atomic E-state index is 10.1. The van der Waals surface area contributed by atoms with Crippen LogP contribution in [0, 0.1) is 0 Å². The molecule has 0 saturated carbocycles. The molecule has 0 rings (SSSR count). The van der Waals surface area contributed by atoms with E-state index in [0.29, 0.717) is 0 Å². The van der Waals surface area contributed by atoms with E-state index in [1.165, 1.54) is 0 Å². The molecule has 6 N–H and O–H groups in total. The summed E-state index contributed by atoms with van der Waals surface area (Å²) in [4.78, 5) is 26.1. The van der Waals surface area contributed by atoms with Crippen molar-refractivity contribution in [3.63, 3.8) is 0 Å². The van der Waals surface area contributed by atoms with Crippen LogP contribution in [0.2, 0.25) is 0 Å². The van der Waals surface area contributed by atoms with Crippen LogP contribution in [-0.2, 0) is 9.36 Å². The summed E-state index contributed by atoms with van der Waals surface area (Å²) < 4.78 is 20.8. The molecule has 7 nitrogen and oxygen atoms in total. The summed E-state index contributed by atoms with van der Waals surface area (Å²) in [5.74, 6) is -1.14. The molecule has 8 heteroatoms. The van der Waals surface area contributed by atoms with E-state index in [9.17, 15) is 9.36 Å². The van der Waals surface area contributed by atoms with Crippen molar-refractivity contribution in [1.29, 1.82) is 2.86 Å². The zero-order valence-electron chi connectivity index (χ0n) is 7.43. The molecule has 0 aromatic rings. The van der Waals surface area contributed by atoms with E-state index in [0.717, 1.165) is 0 Å². The molecule has 0 heterocycles. The number of carbonyl (C=O) groups is 1. The highest BCUT2D eigenvalue weighted by Crippen LogP contribution is 2.31. The summed E-state index contributed by atoms with van der Waals surface area (Å²) in [6, 6.07) is 0. The number of hydrogen-bond acceptors (Lipinski definition) is 3. The molecule has 0 aliphatic rings. The number of rotatable bonds is 4. The lowest BCUT2D eigenvalue weighted by molar-refractivity contribution is -0.135. The first-order valence-electron chi connectivity index (χ1n) is 3.20. The van der Waals surface area contributed by atoms with Gasteiger partial charge < -0.3 is 20.4 Å². The highest BCUT2D eigenvalue weighted by Gasteiger charge is 2.11. The molecular weight excluding hydrogens is 177 g/mol. The number of carboxylic acids is 1. The van der Waals surface area contributed by atoms with Crippen molar-refractivity contribution in [2.45, 2.75) is 0 Å². The molecule has 0 spiro atoms. The van der Waals surface area contributed by atoms with Crippen molar-refractivity contribution in [3.05, 3.63) is 0 Å². The number of carboxylic acid groups (broad SMARTS) is 1. The fourth-order valence-electron chi connectivity index (χ4n) is 0.308. The van der Waals surface area contributed by atoms with Gasteiger partial charge in [-0.25, -0.2) is 0 Å². The summed E-state index contributed by atoms with van der Waals surface area (Å²) in [6.07, 6.45) is -0.598. The van der Waals surface area contributed by atoms with Crippen molar-refractivity contribution >= 4 is 13.6 Å². The topological polar surface area (TPSA) is 138 Å². The average molecular weight is 189 g/mol. The van der Waals surface area contributed by atoms with Crippen molar-refractivity contribution in [2.24, 2.45) is 0 Å². The van der Waals surface area contributed by atoms with Gasteiger partial charge in [0, 0.05) is 0 Å². The molecule has 0 aromatic carbocycles. The third-order valence-corrected chi connectivity index (χ3v) is 1.23. The van der Waals surface area contributed by atoms with E-state index in [4.69, 9.17) is 17.8 Å². The van der Waals surface area contributed by atoms with Gasteiger partial charge in [0.25, 0.3) is 0 Å². The van der Waals surface area contributed by atoms with E-state index in [2.05, 4.69) is 10.8 Å². The molecule has 0 unspecified atom stereocenters. The van der Waals surface area contributed by atoms with Crippen molar-refractivity contribution < 1.29 is 29.7 Å². The third kappa shape index (κ3) is 12.7. The van der Waals surface area contributed by atoms with Crippen LogP contribution in [0.1, 0.15) is 0 Å². The molecule has 0 bridgehead atoms. The Balaban J connectivity index is 0. The minimum Gasteiger partial charge on any atom is -0.480 e. The molecule has 11 heavy (non-hydrogen) atoms. The van der Waals surface area contributed by atoms with Crippen molar-refractivity contribution in [2.75, 3.05) is 12.8 Å². The zero-order chi connectivity index (χ0) is 10.9. The first kappa shape index (κ1) is 8.63. The van der Waals surface area contributed by atoms with Gasteiger partial charge in [0.15, 0.2) is 0 Å². The van der Waals surface area contributed by atoms with Gasteiger partial charge in [0.2, 0.25) is 2.86 Å². The zero-order valence-corrected chi connectivity index (χ0v) is 6.32. The van der Waals surface area contributed by atoms with Crippen LogP contribution in [0.5, 0.6) is 0 Å². The smallest absolute Gasteiger partial charge is 0.339 e. The molecule has 0 aliphatic heterocycles. The fourth-order valence-corrected chi connectivity index (χ4v) is 0.712. The minimum absolute atomic E-state index is 0.439. The summed E-state index contributed by atoms with van der Waals surface area (Å²) in [7, 11) is -4.10. The number of hydrogen-bond donors (Lipinski definition) is 4. The van der Waals surface area contributed by atoms with Crippen LogP contribution in [0.25, 0.3) is 0 Å². The van der Waals surface area contributed by atoms with Gasteiger partial charge in [0.1, 0.15) is 0 Å². The van der Waals surface area contributed by atoms with Gasteiger partial charge in [-0.1, -0.05) is 0 Å². The maximum Gasteiger partial charge on any atom is 0.339 e. The lowest BCUT2D eigenvalue weighted by Gasteiger charge is -2.02. The van der Waals surface area contributed by atoms with Gasteiger partial charge in [-0.15, -0.1) is 0 Å². The first-order valence-corrected chi connectivity index (χ1v) is 4.18. The van der Waals surface area contributed by atoms with Gasteiger partial charge in [-0.3, -0.25) is 14.7 Å². The predicted octanol–water partition coefficient (Wildman–Crippen LogP) is -2.03. The highest BCUT2D eigenvalue weighted by atomic mass is 31.2. The molecule has 0 aromatic heterocycles. The second kappa shape index (κ2) is 5.22. The van der Waals surface area contributed by atoms with E-state index in [1.807, 2.05) is 0 Å². The van der Waals surface area contributed by atoms with E-state index < -0.39 is 26.4 Å². The van der Waals surface area contributed by atoms with Crippen molar-refractivity contribution in [3.8, 4) is 0 Å². The molecule has 0 fully saturated rings. The molecule has 68 valence electrons. The number of aliphatic carboxylic acids is 1. The van der Waals surface area contributed by atoms with Crippen LogP contribution < -0.4 is 5.32 Å². The summed E-state index contributed by atoms with van der Waals surface area (Å²) >= 11 is 0. The largest absolute Gasteiger partial charge is 0.480 e. The lowest BCUT2D eigenvalue weighted by Crippen LogP contribution is -2.23. The Labute approximate surface area is 65.5 Å². The predicted molar refractivity (Wildman–Crippen MR) is 36.2 cm³/mol. The summed E-state index contributed by atoms with van der Waals surface area (Å²) in [5.41, 5.74) is 2.75. The molecular formula is C3H10NO6P. The molecule has 0 atom stereocenters. The molecule has 0 aliphatic carbocycles. The Hall–Kier alpha value is -0.460. The Kier molecular flexibility index (Phi) is 4.10. The Morgan fingerprint density at radius 3 is 2.45 bits per heavy atom. The van der Waals surface area contributed by atoms with Crippen LogP contribution in [0.4, 0.5) is 0 Å². The average Bonchev–Trinajstić information content (AvgIpc) is 1.84.